The number of hydrogen-bond donors (Lipinski definition) is 2. The molecule has 1 saturated heterocycles. The third-order valence-electron chi connectivity index (χ3n) is 5.32. The Hall–Kier alpha value is -2.71. The number of rotatable bonds is 7. The molecule has 29 heavy (non-hydrogen) atoms. The minimum absolute atomic E-state index is 0.0466. The number of amides is 1. The number of H-pyrrole nitrogens is 1. The molecule has 7 nitrogen and oxygen atoms in total. The maximum atomic E-state index is 12.7. The van der Waals surface area contributed by atoms with Crippen LogP contribution in [0.1, 0.15) is 30.2 Å². The molecule has 3 aromatic rings. The molecule has 1 unspecified atom stereocenters. The summed E-state index contributed by atoms with van der Waals surface area (Å²) in [6, 6.07) is 11.9. The quantitative estimate of drug-likeness (QED) is 0.582. The van der Waals surface area contributed by atoms with Crippen molar-refractivity contribution in [3.05, 3.63) is 58.8 Å². The molecule has 1 fully saturated rings. The summed E-state index contributed by atoms with van der Waals surface area (Å²) in [6.45, 7) is 4.68. The summed E-state index contributed by atoms with van der Waals surface area (Å²) in [5.74, 6) is 1.44. The van der Waals surface area contributed by atoms with E-state index < -0.39 is 0 Å². The molecule has 1 amide bonds. The van der Waals surface area contributed by atoms with E-state index in [0.717, 1.165) is 30.0 Å². The molecular formula is C21H25N5O2S. The van der Waals surface area contributed by atoms with Crippen molar-refractivity contribution in [1.29, 1.82) is 0 Å². The average Bonchev–Trinajstić information content (AvgIpc) is 3.47. The fraction of sp³-hybridized carbons (Fsp3) is 0.381. The van der Waals surface area contributed by atoms with E-state index >= 15 is 0 Å². The zero-order valence-electron chi connectivity index (χ0n) is 16.4. The Bertz CT molecular complexity index is 1000. The first-order valence-corrected chi connectivity index (χ1v) is 10.3. The summed E-state index contributed by atoms with van der Waals surface area (Å²) in [6.07, 6.45) is 4.03. The molecule has 3 heterocycles. The smallest absolute Gasteiger partial charge is 0.240 e. The number of hydrogen-bond acceptors (Lipinski definition) is 5. The highest BCUT2D eigenvalue weighted by Crippen LogP contribution is 2.25. The predicted molar refractivity (Wildman–Crippen MR) is 113 cm³/mol. The van der Waals surface area contributed by atoms with Gasteiger partial charge in [-0.25, -0.2) is 0 Å². The zero-order chi connectivity index (χ0) is 20.2. The SMILES string of the molecule is Cc1ccc(-c2n[nH]c(=S)n2CC(=O)NCC(c2ccco2)N2CCCC2)cc1. The number of furan rings is 1. The summed E-state index contributed by atoms with van der Waals surface area (Å²) in [4.78, 5) is 15.1. The van der Waals surface area contributed by atoms with Crippen LogP contribution in [0.3, 0.4) is 0 Å². The van der Waals surface area contributed by atoms with Crippen LogP contribution < -0.4 is 5.32 Å². The minimum Gasteiger partial charge on any atom is -0.468 e. The van der Waals surface area contributed by atoms with Crippen LogP contribution in [-0.4, -0.2) is 45.2 Å². The first-order chi connectivity index (χ1) is 14.1. The molecule has 1 atom stereocenters. The molecule has 1 aliphatic heterocycles. The van der Waals surface area contributed by atoms with Crippen LogP contribution >= 0.6 is 12.2 Å². The Labute approximate surface area is 174 Å². The summed E-state index contributed by atoms with van der Waals surface area (Å²) in [5.41, 5.74) is 2.08. The first-order valence-electron chi connectivity index (χ1n) is 9.88. The number of likely N-dealkylation sites (tertiary alicyclic amines) is 1. The van der Waals surface area contributed by atoms with Crippen molar-refractivity contribution >= 4 is 18.1 Å². The van der Waals surface area contributed by atoms with E-state index in [-0.39, 0.29) is 18.5 Å². The Morgan fingerprint density at radius 1 is 1.28 bits per heavy atom. The maximum Gasteiger partial charge on any atom is 0.240 e. The highest BCUT2D eigenvalue weighted by Gasteiger charge is 2.26. The van der Waals surface area contributed by atoms with Gasteiger partial charge in [-0.1, -0.05) is 29.8 Å². The zero-order valence-corrected chi connectivity index (χ0v) is 17.2. The van der Waals surface area contributed by atoms with Gasteiger partial charge in [0.25, 0.3) is 0 Å². The van der Waals surface area contributed by atoms with E-state index in [4.69, 9.17) is 16.6 Å². The van der Waals surface area contributed by atoms with Gasteiger partial charge in [0.15, 0.2) is 10.6 Å². The van der Waals surface area contributed by atoms with Gasteiger partial charge < -0.3 is 9.73 Å². The fourth-order valence-corrected chi connectivity index (χ4v) is 3.94. The molecule has 4 rings (SSSR count). The van der Waals surface area contributed by atoms with E-state index in [9.17, 15) is 4.79 Å². The van der Waals surface area contributed by atoms with E-state index in [2.05, 4.69) is 20.4 Å². The van der Waals surface area contributed by atoms with E-state index in [1.54, 1.807) is 10.8 Å². The highest BCUT2D eigenvalue weighted by molar-refractivity contribution is 7.71. The largest absolute Gasteiger partial charge is 0.468 e. The van der Waals surface area contributed by atoms with Crippen molar-refractivity contribution in [2.45, 2.75) is 32.4 Å². The molecular weight excluding hydrogens is 386 g/mol. The van der Waals surface area contributed by atoms with Crippen LogP contribution in [0.5, 0.6) is 0 Å². The van der Waals surface area contributed by atoms with Crippen LogP contribution in [0.4, 0.5) is 0 Å². The Kier molecular flexibility index (Phi) is 5.92. The Balaban J connectivity index is 1.45. The molecule has 2 aromatic heterocycles. The monoisotopic (exact) mass is 411 g/mol. The number of aryl methyl sites for hydroxylation is 1. The van der Waals surface area contributed by atoms with Gasteiger partial charge in [-0.3, -0.25) is 19.4 Å². The maximum absolute atomic E-state index is 12.7. The normalized spacial score (nSPS) is 15.5. The first kappa shape index (κ1) is 19.6. The second-order valence-electron chi connectivity index (χ2n) is 7.38. The van der Waals surface area contributed by atoms with Gasteiger partial charge >= 0.3 is 0 Å². The van der Waals surface area contributed by atoms with Crippen molar-refractivity contribution < 1.29 is 9.21 Å². The summed E-state index contributed by atoms with van der Waals surface area (Å²) in [7, 11) is 0. The molecule has 1 aliphatic rings. The molecule has 2 N–H and O–H groups in total. The van der Waals surface area contributed by atoms with E-state index in [0.29, 0.717) is 17.1 Å². The average molecular weight is 412 g/mol. The number of aromatic amines is 1. The lowest BCUT2D eigenvalue weighted by atomic mass is 10.1. The minimum atomic E-state index is -0.105. The van der Waals surface area contributed by atoms with Crippen LogP contribution in [0, 0.1) is 11.7 Å². The van der Waals surface area contributed by atoms with Crippen molar-refractivity contribution in [3.8, 4) is 11.4 Å². The van der Waals surface area contributed by atoms with E-state index in [1.165, 1.54) is 12.8 Å². The lowest BCUT2D eigenvalue weighted by Gasteiger charge is -2.26. The molecule has 0 spiro atoms. The summed E-state index contributed by atoms with van der Waals surface area (Å²) >= 11 is 5.35. The summed E-state index contributed by atoms with van der Waals surface area (Å²) in [5, 5.41) is 10.2. The highest BCUT2D eigenvalue weighted by atomic mass is 32.1. The van der Waals surface area contributed by atoms with Crippen molar-refractivity contribution in [3.63, 3.8) is 0 Å². The number of benzene rings is 1. The molecule has 0 saturated carbocycles. The molecule has 8 heteroatoms. The van der Waals surface area contributed by atoms with Crippen LogP contribution in [-0.2, 0) is 11.3 Å². The van der Waals surface area contributed by atoms with Crippen LogP contribution in [0.25, 0.3) is 11.4 Å². The molecule has 0 bridgehead atoms. The standard InChI is InChI=1S/C21H25N5O2S/c1-15-6-8-16(9-7-15)20-23-24-21(29)26(20)14-19(27)22-13-17(18-5-4-12-28-18)25-10-2-3-11-25/h4-9,12,17H,2-3,10-11,13-14H2,1H3,(H,22,27)(H,24,29). The molecule has 0 aliphatic carbocycles. The third-order valence-corrected chi connectivity index (χ3v) is 5.63. The number of nitrogens with zero attached hydrogens (tertiary/aromatic N) is 3. The van der Waals surface area contributed by atoms with Crippen LogP contribution in [0.2, 0.25) is 0 Å². The second kappa shape index (κ2) is 8.75. The number of carbonyl (C=O) groups is 1. The van der Waals surface area contributed by atoms with Crippen molar-refractivity contribution in [2.75, 3.05) is 19.6 Å². The lowest BCUT2D eigenvalue weighted by Crippen LogP contribution is -2.38. The predicted octanol–water partition coefficient (Wildman–Crippen LogP) is 3.46. The Morgan fingerprint density at radius 2 is 2.03 bits per heavy atom. The number of carbonyl (C=O) groups excluding carboxylic acids is 1. The van der Waals surface area contributed by atoms with Crippen molar-refractivity contribution in [2.24, 2.45) is 0 Å². The topological polar surface area (TPSA) is 79.1 Å². The molecule has 0 radical (unpaired) electrons. The van der Waals surface area contributed by atoms with Gasteiger partial charge in [-0.05, 0) is 57.2 Å². The third kappa shape index (κ3) is 4.49. The second-order valence-corrected chi connectivity index (χ2v) is 7.77. The summed E-state index contributed by atoms with van der Waals surface area (Å²) < 4.78 is 7.78. The van der Waals surface area contributed by atoms with Gasteiger partial charge in [0.1, 0.15) is 12.3 Å². The van der Waals surface area contributed by atoms with Crippen molar-refractivity contribution in [1.82, 2.24) is 25.0 Å². The van der Waals surface area contributed by atoms with Gasteiger partial charge in [-0.2, -0.15) is 5.10 Å². The lowest BCUT2D eigenvalue weighted by molar-refractivity contribution is -0.121. The number of aromatic nitrogens is 3. The van der Waals surface area contributed by atoms with Gasteiger partial charge in [0.2, 0.25) is 5.91 Å². The molecule has 1 aromatic carbocycles. The fourth-order valence-electron chi connectivity index (χ4n) is 3.74. The number of nitrogens with one attached hydrogen (secondary N) is 2. The van der Waals surface area contributed by atoms with Crippen LogP contribution in [0.15, 0.2) is 47.1 Å². The van der Waals surface area contributed by atoms with E-state index in [1.807, 2.05) is 43.3 Å². The van der Waals surface area contributed by atoms with Gasteiger partial charge in [-0.15, -0.1) is 0 Å². The Morgan fingerprint density at radius 3 is 2.72 bits per heavy atom. The van der Waals surface area contributed by atoms with Gasteiger partial charge in [0, 0.05) is 12.1 Å². The van der Waals surface area contributed by atoms with Gasteiger partial charge in [0.05, 0.1) is 12.3 Å². The molecule has 152 valence electrons.